The second kappa shape index (κ2) is 6.25. The number of benzene rings is 1. The van der Waals surface area contributed by atoms with Crippen LogP contribution in [0.5, 0.6) is 0 Å². The van der Waals surface area contributed by atoms with Gasteiger partial charge in [0.25, 0.3) is 5.91 Å². The summed E-state index contributed by atoms with van der Waals surface area (Å²) in [7, 11) is 0. The lowest BCUT2D eigenvalue weighted by Crippen LogP contribution is -2.34. The smallest absolute Gasteiger partial charge is 0.343 e. The van der Waals surface area contributed by atoms with Gasteiger partial charge in [0.05, 0.1) is 12.1 Å². The minimum atomic E-state index is -4.44. The van der Waals surface area contributed by atoms with Crippen LogP contribution >= 0.6 is 0 Å². The Balaban J connectivity index is 2.97. The van der Waals surface area contributed by atoms with Gasteiger partial charge in [-0.3, -0.25) is 4.79 Å². The molecule has 0 aliphatic heterocycles. The van der Waals surface area contributed by atoms with Crippen LogP contribution in [0.3, 0.4) is 0 Å². The summed E-state index contributed by atoms with van der Waals surface area (Å²) < 4.78 is 36.2. The lowest BCUT2D eigenvalue weighted by molar-refractivity contribution is -0.123. The molecule has 102 valence electrons. The van der Waals surface area contributed by atoms with Gasteiger partial charge in [-0.15, -0.1) is 0 Å². The first-order valence-electron chi connectivity index (χ1n) is 5.48. The van der Waals surface area contributed by atoms with Crippen LogP contribution in [0, 0.1) is 18.8 Å². The van der Waals surface area contributed by atoms with Gasteiger partial charge in [-0.1, -0.05) is 23.5 Å². The van der Waals surface area contributed by atoms with Crippen molar-refractivity contribution in [3.63, 3.8) is 0 Å². The number of hydrogen-bond acceptors (Lipinski definition) is 2. The van der Waals surface area contributed by atoms with Crippen molar-refractivity contribution >= 4 is 5.91 Å². The Hall–Kier alpha value is -2.00. The standard InChI is InChI=1S/C13H13F3N2O/c1-9-4-5-10(3-2-6-17)11(7-9)12(19)18-8-13(14,15)16/h4-5,7H,6,8,17H2,1H3,(H,18,19). The van der Waals surface area contributed by atoms with E-state index in [1.165, 1.54) is 6.07 Å². The van der Waals surface area contributed by atoms with E-state index in [1.807, 2.05) is 5.32 Å². The molecule has 0 unspecified atom stereocenters. The maximum Gasteiger partial charge on any atom is 0.405 e. The molecule has 0 saturated heterocycles. The van der Waals surface area contributed by atoms with E-state index in [4.69, 9.17) is 5.73 Å². The van der Waals surface area contributed by atoms with Crippen molar-refractivity contribution in [3.8, 4) is 11.8 Å². The molecule has 0 fully saturated rings. The Kier molecular flexibility index (Phi) is 4.95. The van der Waals surface area contributed by atoms with Crippen molar-refractivity contribution in [1.82, 2.24) is 5.32 Å². The molecule has 0 saturated carbocycles. The SMILES string of the molecule is Cc1ccc(C#CCN)c(C(=O)NCC(F)(F)F)c1. The molecule has 0 atom stereocenters. The van der Waals surface area contributed by atoms with E-state index in [9.17, 15) is 18.0 Å². The number of nitrogens with one attached hydrogen (secondary N) is 1. The molecular formula is C13H13F3N2O. The number of nitrogens with two attached hydrogens (primary N) is 1. The molecule has 3 nitrogen and oxygen atoms in total. The number of alkyl halides is 3. The molecule has 0 radical (unpaired) electrons. The zero-order chi connectivity index (χ0) is 14.5. The maximum atomic E-state index is 12.1. The molecule has 1 amide bonds. The Morgan fingerprint density at radius 1 is 1.42 bits per heavy atom. The molecule has 1 aromatic rings. The van der Waals surface area contributed by atoms with E-state index in [2.05, 4.69) is 11.8 Å². The van der Waals surface area contributed by atoms with Crippen LogP contribution in [0.1, 0.15) is 21.5 Å². The summed E-state index contributed by atoms with van der Waals surface area (Å²) in [6.45, 7) is 0.474. The number of halogens is 3. The van der Waals surface area contributed by atoms with E-state index in [-0.39, 0.29) is 12.1 Å². The largest absolute Gasteiger partial charge is 0.405 e. The van der Waals surface area contributed by atoms with Crippen molar-refractivity contribution in [2.45, 2.75) is 13.1 Å². The number of amides is 1. The summed E-state index contributed by atoms with van der Waals surface area (Å²) in [5.74, 6) is 4.42. The molecule has 19 heavy (non-hydrogen) atoms. The predicted octanol–water partition coefficient (Wildman–Crippen LogP) is 1.60. The molecule has 0 bridgehead atoms. The third-order valence-corrected chi connectivity index (χ3v) is 2.19. The summed E-state index contributed by atoms with van der Waals surface area (Å²) >= 11 is 0. The van der Waals surface area contributed by atoms with E-state index in [0.29, 0.717) is 5.56 Å². The Morgan fingerprint density at radius 2 is 2.11 bits per heavy atom. The average Bonchev–Trinajstić information content (AvgIpc) is 2.33. The van der Waals surface area contributed by atoms with Crippen molar-refractivity contribution in [2.24, 2.45) is 5.73 Å². The quantitative estimate of drug-likeness (QED) is 0.802. The summed E-state index contributed by atoms with van der Waals surface area (Å²) in [6, 6.07) is 4.80. The number of carbonyl (C=O) groups excluding carboxylic acids is 1. The van der Waals surface area contributed by atoms with E-state index >= 15 is 0 Å². The molecule has 0 spiro atoms. The van der Waals surface area contributed by atoms with Gasteiger partial charge in [-0.05, 0) is 19.1 Å². The van der Waals surface area contributed by atoms with Crippen LogP contribution in [0.25, 0.3) is 0 Å². The first-order valence-corrected chi connectivity index (χ1v) is 5.48. The zero-order valence-electron chi connectivity index (χ0n) is 10.3. The topological polar surface area (TPSA) is 55.1 Å². The van der Waals surface area contributed by atoms with E-state index < -0.39 is 18.6 Å². The number of carbonyl (C=O) groups is 1. The normalized spacial score (nSPS) is 10.6. The molecule has 3 N–H and O–H groups in total. The average molecular weight is 270 g/mol. The second-order valence-corrected chi connectivity index (χ2v) is 3.85. The van der Waals surface area contributed by atoms with Gasteiger partial charge in [-0.25, -0.2) is 0 Å². The number of hydrogen-bond donors (Lipinski definition) is 2. The highest BCUT2D eigenvalue weighted by Crippen LogP contribution is 2.14. The molecular weight excluding hydrogens is 257 g/mol. The van der Waals surface area contributed by atoms with Crippen molar-refractivity contribution in [2.75, 3.05) is 13.1 Å². The fourth-order valence-electron chi connectivity index (χ4n) is 1.38. The fourth-order valence-corrected chi connectivity index (χ4v) is 1.38. The third kappa shape index (κ3) is 5.02. The highest BCUT2D eigenvalue weighted by atomic mass is 19.4. The van der Waals surface area contributed by atoms with Gasteiger partial charge < -0.3 is 11.1 Å². The van der Waals surface area contributed by atoms with Gasteiger partial charge in [0, 0.05) is 5.56 Å². The van der Waals surface area contributed by atoms with Crippen LogP contribution in [0.2, 0.25) is 0 Å². The maximum absolute atomic E-state index is 12.1. The first-order chi connectivity index (χ1) is 8.83. The fraction of sp³-hybridized carbons (Fsp3) is 0.308. The van der Waals surface area contributed by atoms with Gasteiger partial charge in [0.1, 0.15) is 6.54 Å². The number of rotatable bonds is 2. The molecule has 0 aromatic heterocycles. The van der Waals surface area contributed by atoms with E-state index in [1.54, 1.807) is 19.1 Å². The first kappa shape index (κ1) is 15.1. The monoisotopic (exact) mass is 270 g/mol. The van der Waals surface area contributed by atoms with E-state index in [0.717, 1.165) is 5.56 Å². The predicted molar refractivity (Wildman–Crippen MR) is 65.5 cm³/mol. The van der Waals surface area contributed by atoms with Gasteiger partial charge in [0.15, 0.2) is 0 Å². The molecule has 1 aromatic carbocycles. The summed E-state index contributed by atoms with van der Waals surface area (Å²) in [5.41, 5.74) is 6.46. The lowest BCUT2D eigenvalue weighted by Gasteiger charge is -2.10. The molecule has 1 rings (SSSR count). The van der Waals surface area contributed by atoms with Crippen LogP contribution in [0.4, 0.5) is 13.2 Å². The van der Waals surface area contributed by atoms with Crippen molar-refractivity contribution < 1.29 is 18.0 Å². The van der Waals surface area contributed by atoms with Crippen LogP contribution in [-0.2, 0) is 0 Å². The van der Waals surface area contributed by atoms with Crippen molar-refractivity contribution in [3.05, 3.63) is 34.9 Å². The molecule has 0 heterocycles. The molecule has 0 aliphatic rings. The third-order valence-electron chi connectivity index (χ3n) is 2.19. The highest BCUT2D eigenvalue weighted by molar-refractivity contribution is 5.97. The molecule has 0 aliphatic carbocycles. The summed E-state index contributed by atoms with van der Waals surface area (Å²) in [5, 5.41) is 1.82. The van der Waals surface area contributed by atoms with Gasteiger partial charge >= 0.3 is 6.18 Å². The van der Waals surface area contributed by atoms with Gasteiger partial charge in [0.2, 0.25) is 0 Å². The second-order valence-electron chi connectivity index (χ2n) is 3.85. The Bertz CT molecular complexity index is 527. The lowest BCUT2D eigenvalue weighted by atomic mass is 10.0. The minimum absolute atomic E-state index is 0.109. The Morgan fingerprint density at radius 3 is 2.68 bits per heavy atom. The zero-order valence-corrected chi connectivity index (χ0v) is 10.3. The van der Waals surface area contributed by atoms with Crippen LogP contribution in [-0.4, -0.2) is 25.2 Å². The number of aryl methyl sites for hydroxylation is 1. The van der Waals surface area contributed by atoms with Crippen LogP contribution < -0.4 is 11.1 Å². The van der Waals surface area contributed by atoms with Crippen molar-refractivity contribution in [1.29, 1.82) is 0 Å². The van der Waals surface area contributed by atoms with Crippen LogP contribution in [0.15, 0.2) is 18.2 Å². The minimum Gasteiger partial charge on any atom is -0.343 e. The summed E-state index contributed by atoms with van der Waals surface area (Å²) in [6.07, 6.45) is -4.44. The Labute approximate surface area is 109 Å². The van der Waals surface area contributed by atoms with Gasteiger partial charge in [-0.2, -0.15) is 13.2 Å². The highest BCUT2D eigenvalue weighted by Gasteiger charge is 2.28. The summed E-state index contributed by atoms with van der Waals surface area (Å²) in [4.78, 5) is 11.7. The molecule has 6 heteroatoms.